The molecule has 3 N–H and O–H groups in total. The van der Waals surface area contributed by atoms with E-state index in [0.29, 0.717) is 18.9 Å². The fraction of sp³-hybridized carbons (Fsp3) is 0.462. The van der Waals surface area contributed by atoms with Crippen molar-refractivity contribution in [2.24, 2.45) is 5.73 Å². The van der Waals surface area contributed by atoms with Crippen LogP contribution >= 0.6 is 0 Å². The molecule has 0 spiro atoms. The Hall–Kier alpha value is -1.35. The number of hydrogen-bond acceptors (Lipinski definition) is 2. The van der Waals surface area contributed by atoms with Crippen molar-refractivity contribution >= 4 is 5.91 Å². The molecule has 3 nitrogen and oxygen atoms in total. The van der Waals surface area contributed by atoms with Crippen LogP contribution in [0.5, 0.6) is 0 Å². The van der Waals surface area contributed by atoms with E-state index >= 15 is 0 Å². The average Bonchev–Trinajstić information content (AvgIpc) is 2.35. The van der Waals surface area contributed by atoms with E-state index in [2.05, 4.69) is 24.4 Å². The first kappa shape index (κ1) is 12.7. The van der Waals surface area contributed by atoms with E-state index < -0.39 is 0 Å². The van der Waals surface area contributed by atoms with Crippen LogP contribution in [0, 0.1) is 0 Å². The van der Waals surface area contributed by atoms with Crippen LogP contribution in [0.4, 0.5) is 0 Å². The molecular weight excluding hydrogens is 200 g/mol. The molecule has 3 heteroatoms. The summed E-state index contributed by atoms with van der Waals surface area (Å²) in [7, 11) is 0. The van der Waals surface area contributed by atoms with Crippen molar-refractivity contribution < 1.29 is 4.79 Å². The molecule has 1 amide bonds. The van der Waals surface area contributed by atoms with Crippen molar-refractivity contribution in [2.75, 3.05) is 6.54 Å². The van der Waals surface area contributed by atoms with Crippen LogP contribution in [-0.2, 0) is 4.79 Å². The van der Waals surface area contributed by atoms with E-state index in [9.17, 15) is 4.79 Å². The highest BCUT2D eigenvalue weighted by molar-refractivity contribution is 5.81. The normalized spacial score (nSPS) is 14.2. The Labute approximate surface area is 97.0 Å². The van der Waals surface area contributed by atoms with Gasteiger partial charge in [0, 0.05) is 6.54 Å². The highest BCUT2D eigenvalue weighted by Gasteiger charge is 2.12. The second-order valence-corrected chi connectivity index (χ2v) is 4.07. The predicted molar refractivity (Wildman–Crippen MR) is 66.1 cm³/mol. The third-order valence-corrected chi connectivity index (χ3v) is 2.73. The van der Waals surface area contributed by atoms with Gasteiger partial charge >= 0.3 is 0 Å². The van der Waals surface area contributed by atoms with Crippen LogP contribution in [0.2, 0.25) is 0 Å². The van der Waals surface area contributed by atoms with Crippen molar-refractivity contribution in [1.29, 1.82) is 0 Å². The zero-order valence-electron chi connectivity index (χ0n) is 9.94. The van der Waals surface area contributed by atoms with Gasteiger partial charge in [0.1, 0.15) is 0 Å². The van der Waals surface area contributed by atoms with Crippen LogP contribution in [-0.4, -0.2) is 18.5 Å². The molecule has 16 heavy (non-hydrogen) atoms. The highest BCUT2D eigenvalue weighted by atomic mass is 16.2. The minimum atomic E-state index is -0.386. The molecule has 2 atom stereocenters. The van der Waals surface area contributed by atoms with E-state index in [1.54, 1.807) is 0 Å². The first-order valence-corrected chi connectivity index (χ1v) is 5.73. The van der Waals surface area contributed by atoms with Crippen LogP contribution < -0.4 is 11.1 Å². The fourth-order valence-corrected chi connectivity index (χ4v) is 1.47. The number of rotatable bonds is 5. The second kappa shape index (κ2) is 6.28. The lowest BCUT2D eigenvalue weighted by molar-refractivity contribution is -0.122. The van der Waals surface area contributed by atoms with Crippen molar-refractivity contribution in [3.63, 3.8) is 0 Å². The third kappa shape index (κ3) is 3.66. The molecule has 1 rings (SSSR count). The Morgan fingerprint density at radius 1 is 1.38 bits per heavy atom. The van der Waals surface area contributed by atoms with Gasteiger partial charge in [-0.25, -0.2) is 0 Å². The quantitative estimate of drug-likeness (QED) is 0.792. The number of amides is 1. The molecule has 0 saturated carbocycles. The molecule has 0 aliphatic rings. The summed E-state index contributed by atoms with van der Waals surface area (Å²) >= 11 is 0. The number of benzene rings is 1. The van der Waals surface area contributed by atoms with E-state index in [1.807, 2.05) is 25.1 Å². The lowest BCUT2D eigenvalue weighted by Gasteiger charge is -2.15. The maximum absolute atomic E-state index is 11.5. The zero-order chi connectivity index (χ0) is 12.0. The Morgan fingerprint density at radius 2 is 2.00 bits per heavy atom. The van der Waals surface area contributed by atoms with Gasteiger partial charge in [-0.15, -0.1) is 0 Å². The Balaban J connectivity index is 2.42. The van der Waals surface area contributed by atoms with Gasteiger partial charge in [0.15, 0.2) is 0 Å². The van der Waals surface area contributed by atoms with Crippen molar-refractivity contribution in [1.82, 2.24) is 5.32 Å². The van der Waals surface area contributed by atoms with Crippen LogP contribution in [0.25, 0.3) is 0 Å². The summed E-state index contributed by atoms with van der Waals surface area (Å²) < 4.78 is 0. The molecule has 0 aromatic heterocycles. The van der Waals surface area contributed by atoms with Gasteiger partial charge in [-0.1, -0.05) is 44.2 Å². The summed E-state index contributed by atoms with van der Waals surface area (Å²) in [5.74, 6) is 0.250. The fourth-order valence-electron chi connectivity index (χ4n) is 1.47. The van der Waals surface area contributed by atoms with Gasteiger partial charge in [-0.05, 0) is 17.9 Å². The number of nitrogens with one attached hydrogen (secondary N) is 1. The lowest BCUT2D eigenvalue weighted by Crippen LogP contribution is -2.41. The van der Waals surface area contributed by atoms with E-state index in [4.69, 9.17) is 5.73 Å². The summed E-state index contributed by atoms with van der Waals surface area (Å²) in [4.78, 5) is 11.5. The lowest BCUT2D eigenvalue weighted by atomic mass is 10.0. The number of hydrogen-bond donors (Lipinski definition) is 2. The topological polar surface area (TPSA) is 55.1 Å². The summed E-state index contributed by atoms with van der Waals surface area (Å²) in [6.45, 7) is 4.63. The summed E-state index contributed by atoms with van der Waals surface area (Å²) in [5.41, 5.74) is 6.86. The monoisotopic (exact) mass is 220 g/mol. The first-order chi connectivity index (χ1) is 7.65. The Bertz CT molecular complexity index is 324. The van der Waals surface area contributed by atoms with Crippen LogP contribution in [0.15, 0.2) is 30.3 Å². The first-order valence-electron chi connectivity index (χ1n) is 5.73. The van der Waals surface area contributed by atoms with Crippen molar-refractivity contribution in [3.8, 4) is 0 Å². The van der Waals surface area contributed by atoms with Crippen LogP contribution in [0.3, 0.4) is 0 Å². The number of carbonyl (C=O) groups excluding carboxylic acids is 1. The summed E-state index contributed by atoms with van der Waals surface area (Å²) in [6, 6.07) is 9.74. The number of nitrogens with two attached hydrogens (primary N) is 1. The molecule has 0 saturated heterocycles. The molecule has 1 aromatic rings. The molecule has 0 radical (unpaired) electrons. The Kier molecular flexibility index (Phi) is 4.99. The van der Waals surface area contributed by atoms with E-state index in [-0.39, 0.29) is 11.9 Å². The molecule has 0 heterocycles. The standard InChI is InChI=1S/C13H20N2O/c1-3-12(14)13(16)15-9-10(2)11-7-5-4-6-8-11/h4-8,10,12H,3,9,14H2,1-2H3,(H,15,16)/t10?,12-/m0/s1. The highest BCUT2D eigenvalue weighted by Crippen LogP contribution is 2.12. The van der Waals surface area contributed by atoms with Crippen molar-refractivity contribution in [3.05, 3.63) is 35.9 Å². The van der Waals surface area contributed by atoms with E-state index in [0.717, 1.165) is 0 Å². The molecule has 0 aliphatic carbocycles. The maximum Gasteiger partial charge on any atom is 0.236 e. The minimum absolute atomic E-state index is 0.0646. The molecule has 1 aromatic carbocycles. The molecule has 1 unspecified atom stereocenters. The average molecular weight is 220 g/mol. The van der Waals surface area contributed by atoms with E-state index in [1.165, 1.54) is 5.56 Å². The molecule has 0 bridgehead atoms. The Morgan fingerprint density at radius 3 is 2.56 bits per heavy atom. The third-order valence-electron chi connectivity index (χ3n) is 2.73. The smallest absolute Gasteiger partial charge is 0.236 e. The molecular formula is C13H20N2O. The summed E-state index contributed by atoms with van der Waals surface area (Å²) in [6.07, 6.45) is 0.672. The van der Waals surface area contributed by atoms with Gasteiger partial charge in [0.2, 0.25) is 5.91 Å². The van der Waals surface area contributed by atoms with Gasteiger partial charge < -0.3 is 11.1 Å². The molecule has 0 fully saturated rings. The maximum atomic E-state index is 11.5. The largest absolute Gasteiger partial charge is 0.354 e. The van der Waals surface area contributed by atoms with Crippen LogP contribution in [0.1, 0.15) is 31.7 Å². The van der Waals surface area contributed by atoms with Gasteiger partial charge in [0.25, 0.3) is 0 Å². The van der Waals surface area contributed by atoms with Gasteiger partial charge in [0.05, 0.1) is 6.04 Å². The van der Waals surface area contributed by atoms with Gasteiger partial charge in [-0.3, -0.25) is 4.79 Å². The molecule has 88 valence electrons. The number of carbonyl (C=O) groups is 1. The SMILES string of the molecule is CC[C@H](N)C(=O)NCC(C)c1ccccc1. The predicted octanol–water partition coefficient (Wildman–Crippen LogP) is 1.64. The minimum Gasteiger partial charge on any atom is -0.354 e. The molecule has 0 aliphatic heterocycles. The zero-order valence-corrected chi connectivity index (χ0v) is 9.94. The van der Waals surface area contributed by atoms with Crippen molar-refractivity contribution in [2.45, 2.75) is 32.2 Å². The van der Waals surface area contributed by atoms with Gasteiger partial charge in [-0.2, -0.15) is 0 Å². The summed E-state index contributed by atoms with van der Waals surface area (Å²) in [5, 5.41) is 2.87. The second-order valence-electron chi connectivity index (χ2n) is 4.07.